The Balaban J connectivity index is 1.83. The van der Waals surface area contributed by atoms with Gasteiger partial charge in [-0.05, 0) is 41.8 Å². The number of pyridine rings is 1. The van der Waals surface area contributed by atoms with Crippen molar-refractivity contribution in [2.45, 2.75) is 25.7 Å². The first-order chi connectivity index (χ1) is 11.4. The molecule has 0 bridgehead atoms. The van der Waals surface area contributed by atoms with Crippen molar-refractivity contribution in [3.63, 3.8) is 0 Å². The highest BCUT2D eigenvalue weighted by Gasteiger charge is 2.22. The molecular formula is C19H24FN3O. The van der Waals surface area contributed by atoms with E-state index in [0.717, 1.165) is 17.5 Å². The molecule has 1 N–H and O–H groups in total. The second-order valence-electron chi connectivity index (χ2n) is 6.58. The van der Waals surface area contributed by atoms with Crippen molar-refractivity contribution in [2.24, 2.45) is 0 Å². The number of halogens is 1. The van der Waals surface area contributed by atoms with E-state index >= 15 is 0 Å². The van der Waals surface area contributed by atoms with E-state index < -0.39 is 0 Å². The van der Waals surface area contributed by atoms with Crippen molar-refractivity contribution in [2.75, 3.05) is 20.1 Å². The standard InChI is InChI=1S/C19H24FN3O/c1-19(2,16-4-6-17(20)7-5-16)14-22-18(24)23(3)13-10-15-8-11-21-12-9-15/h4-9,11-12H,10,13-14H2,1-3H3,(H,22,24). The molecule has 0 atom stereocenters. The lowest BCUT2D eigenvalue weighted by Crippen LogP contribution is -2.43. The molecule has 2 amide bonds. The molecule has 0 saturated carbocycles. The summed E-state index contributed by atoms with van der Waals surface area (Å²) in [7, 11) is 1.78. The Kier molecular flexibility index (Phi) is 5.90. The lowest BCUT2D eigenvalue weighted by molar-refractivity contribution is 0.207. The highest BCUT2D eigenvalue weighted by atomic mass is 19.1. The quantitative estimate of drug-likeness (QED) is 0.883. The Labute approximate surface area is 142 Å². The predicted octanol–water partition coefficient (Wildman–Crippen LogP) is 3.38. The Morgan fingerprint density at radius 2 is 1.79 bits per heavy atom. The Hall–Kier alpha value is -2.43. The van der Waals surface area contributed by atoms with Crippen molar-refractivity contribution in [3.05, 3.63) is 65.7 Å². The molecule has 0 aliphatic carbocycles. The number of aromatic nitrogens is 1. The van der Waals surface area contributed by atoms with E-state index in [0.29, 0.717) is 13.1 Å². The number of amides is 2. The van der Waals surface area contributed by atoms with Gasteiger partial charge in [-0.15, -0.1) is 0 Å². The first kappa shape index (κ1) is 17.9. The van der Waals surface area contributed by atoms with Crippen molar-refractivity contribution in [1.82, 2.24) is 15.2 Å². The summed E-state index contributed by atoms with van der Waals surface area (Å²) in [6.07, 6.45) is 4.29. The van der Waals surface area contributed by atoms with E-state index in [4.69, 9.17) is 0 Å². The number of nitrogens with zero attached hydrogens (tertiary/aromatic N) is 2. The minimum atomic E-state index is -0.269. The Bertz CT molecular complexity index is 656. The normalized spacial score (nSPS) is 11.2. The summed E-state index contributed by atoms with van der Waals surface area (Å²) < 4.78 is 13.0. The summed E-state index contributed by atoms with van der Waals surface area (Å²) in [5, 5.41) is 2.95. The van der Waals surface area contributed by atoms with Crippen LogP contribution in [0.2, 0.25) is 0 Å². The maximum atomic E-state index is 13.0. The molecule has 2 aromatic rings. The van der Waals surface area contributed by atoms with E-state index in [-0.39, 0.29) is 17.3 Å². The van der Waals surface area contributed by atoms with Gasteiger partial charge >= 0.3 is 6.03 Å². The van der Waals surface area contributed by atoms with Gasteiger partial charge in [-0.2, -0.15) is 0 Å². The SMILES string of the molecule is CN(CCc1ccncc1)C(=O)NCC(C)(C)c1ccc(F)cc1. The van der Waals surface area contributed by atoms with Gasteiger partial charge < -0.3 is 10.2 Å². The molecule has 5 heteroatoms. The van der Waals surface area contributed by atoms with Crippen LogP contribution >= 0.6 is 0 Å². The van der Waals surface area contributed by atoms with Crippen LogP contribution in [-0.4, -0.2) is 36.1 Å². The van der Waals surface area contributed by atoms with Crippen molar-refractivity contribution in [1.29, 1.82) is 0 Å². The van der Waals surface area contributed by atoms with Crippen molar-refractivity contribution in [3.8, 4) is 0 Å². The van der Waals surface area contributed by atoms with E-state index in [1.807, 2.05) is 26.0 Å². The third-order valence-corrected chi connectivity index (χ3v) is 4.14. The third kappa shape index (κ3) is 5.05. The van der Waals surface area contributed by atoms with E-state index in [2.05, 4.69) is 10.3 Å². The fraction of sp³-hybridized carbons (Fsp3) is 0.368. The van der Waals surface area contributed by atoms with Gasteiger partial charge in [-0.3, -0.25) is 4.98 Å². The summed E-state index contributed by atoms with van der Waals surface area (Å²) >= 11 is 0. The third-order valence-electron chi connectivity index (χ3n) is 4.14. The van der Waals surface area contributed by atoms with Crippen molar-refractivity contribution < 1.29 is 9.18 Å². The van der Waals surface area contributed by atoms with Gasteiger partial charge in [-0.1, -0.05) is 26.0 Å². The zero-order valence-corrected chi connectivity index (χ0v) is 14.4. The van der Waals surface area contributed by atoms with Gasteiger partial charge in [0, 0.05) is 37.9 Å². The molecule has 128 valence electrons. The molecule has 0 aliphatic heterocycles. The van der Waals surface area contributed by atoms with Crippen molar-refractivity contribution >= 4 is 6.03 Å². The molecule has 0 radical (unpaired) electrons. The van der Waals surface area contributed by atoms with E-state index in [9.17, 15) is 9.18 Å². The number of hydrogen-bond donors (Lipinski definition) is 1. The van der Waals surface area contributed by atoms with Crippen LogP contribution in [0.25, 0.3) is 0 Å². The van der Waals surface area contributed by atoms with Crippen LogP contribution in [-0.2, 0) is 11.8 Å². The minimum Gasteiger partial charge on any atom is -0.337 e. The molecule has 1 aromatic heterocycles. The second-order valence-corrected chi connectivity index (χ2v) is 6.58. The molecule has 24 heavy (non-hydrogen) atoms. The molecule has 1 aromatic carbocycles. The number of urea groups is 1. The average Bonchev–Trinajstić information content (AvgIpc) is 2.59. The van der Waals surface area contributed by atoms with Gasteiger partial charge in [0.15, 0.2) is 0 Å². The van der Waals surface area contributed by atoms with Crippen LogP contribution in [0.3, 0.4) is 0 Å². The highest BCUT2D eigenvalue weighted by molar-refractivity contribution is 5.74. The van der Waals surface area contributed by atoms with E-state index in [1.165, 1.54) is 12.1 Å². The molecule has 1 heterocycles. The lowest BCUT2D eigenvalue weighted by Gasteiger charge is -2.27. The molecule has 2 rings (SSSR count). The molecule has 0 spiro atoms. The monoisotopic (exact) mass is 329 g/mol. The molecular weight excluding hydrogens is 305 g/mol. The number of nitrogens with one attached hydrogen (secondary N) is 1. The minimum absolute atomic E-state index is 0.112. The Morgan fingerprint density at radius 3 is 2.42 bits per heavy atom. The van der Waals surface area contributed by atoms with Crippen LogP contribution in [0.1, 0.15) is 25.0 Å². The second kappa shape index (κ2) is 7.90. The molecule has 0 unspecified atom stereocenters. The topological polar surface area (TPSA) is 45.2 Å². The number of likely N-dealkylation sites (N-methyl/N-ethyl adjacent to an activating group) is 1. The van der Waals surface area contributed by atoms with Gasteiger partial charge in [0.25, 0.3) is 0 Å². The van der Waals surface area contributed by atoms with Crippen LogP contribution in [0.4, 0.5) is 9.18 Å². The number of carbonyl (C=O) groups is 1. The summed E-state index contributed by atoms with van der Waals surface area (Å²) in [5.74, 6) is -0.255. The summed E-state index contributed by atoms with van der Waals surface area (Å²) in [6, 6.07) is 10.2. The largest absolute Gasteiger partial charge is 0.337 e. The van der Waals surface area contributed by atoms with Crippen LogP contribution in [0.5, 0.6) is 0 Å². The van der Waals surface area contributed by atoms with Gasteiger partial charge in [0.2, 0.25) is 0 Å². The molecule has 0 fully saturated rings. The summed E-state index contributed by atoms with van der Waals surface area (Å²) in [6.45, 7) is 5.17. The summed E-state index contributed by atoms with van der Waals surface area (Å²) in [4.78, 5) is 17.9. The number of hydrogen-bond acceptors (Lipinski definition) is 2. The maximum Gasteiger partial charge on any atom is 0.317 e. The van der Waals surface area contributed by atoms with Crippen LogP contribution in [0, 0.1) is 5.82 Å². The lowest BCUT2D eigenvalue weighted by atomic mass is 9.84. The highest BCUT2D eigenvalue weighted by Crippen LogP contribution is 2.22. The van der Waals surface area contributed by atoms with Gasteiger partial charge in [0.05, 0.1) is 0 Å². The van der Waals surface area contributed by atoms with Gasteiger partial charge in [0.1, 0.15) is 5.82 Å². The summed E-state index contributed by atoms with van der Waals surface area (Å²) in [5.41, 5.74) is 1.87. The predicted molar refractivity (Wildman–Crippen MR) is 93.4 cm³/mol. The fourth-order valence-corrected chi connectivity index (χ4v) is 2.38. The molecule has 0 aliphatic rings. The fourth-order valence-electron chi connectivity index (χ4n) is 2.38. The van der Waals surface area contributed by atoms with Gasteiger partial charge in [-0.25, -0.2) is 9.18 Å². The first-order valence-electron chi connectivity index (χ1n) is 8.02. The number of carbonyl (C=O) groups excluding carboxylic acids is 1. The first-order valence-corrected chi connectivity index (χ1v) is 8.02. The zero-order valence-electron chi connectivity index (χ0n) is 14.4. The molecule has 0 saturated heterocycles. The smallest absolute Gasteiger partial charge is 0.317 e. The maximum absolute atomic E-state index is 13.0. The Morgan fingerprint density at radius 1 is 1.17 bits per heavy atom. The zero-order chi connectivity index (χ0) is 17.6. The van der Waals surface area contributed by atoms with E-state index in [1.54, 1.807) is 36.5 Å². The average molecular weight is 329 g/mol. The number of benzene rings is 1. The van der Waals surface area contributed by atoms with Crippen LogP contribution < -0.4 is 5.32 Å². The number of rotatable bonds is 6. The molecule has 4 nitrogen and oxygen atoms in total. The van der Waals surface area contributed by atoms with Crippen LogP contribution in [0.15, 0.2) is 48.8 Å².